The number of phenols is 1. The fraction of sp³-hybridized carbons (Fsp3) is 0.222. The van der Waals surface area contributed by atoms with Crippen molar-refractivity contribution >= 4 is 0 Å². The van der Waals surface area contributed by atoms with Gasteiger partial charge in [-0.05, 0) is 31.0 Å². The molecule has 0 bridgehead atoms. The van der Waals surface area contributed by atoms with Crippen LogP contribution in [0.4, 0.5) is 0 Å². The van der Waals surface area contributed by atoms with Crippen LogP contribution >= 0.6 is 0 Å². The van der Waals surface area contributed by atoms with Crippen molar-refractivity contribution in [1.82, 2.24) is 0 Å². The first-order chi connectivity index (χ1) is 5.16. The molecular formula is C9H9NO. The summed E-state index contributed by atoms with van der Waals surface area (Å²) in [5.41, 5.74) is 2.26. The van der Waals surface area contributed by atoms with Gasteiger partial charge in [0.15, 0.2) is 0 Å². The molecule has 2 nitrogen and oxygen atoms in total. The standard InChI is InChI=1S/C9H9NO/c1-6-3-4-9(11)8(5-10)7(6)2/h3-4,11H,1-2H3. The first kappa shape index (κ1) is 7.62. The van der Waals surface area contributed by atoms with E-state index in [-0.39, 0.29) is 5.75 Å². The third-order valence-corrected chi connectivity index (χ3v) is 1.83. The molecule has 0 amide bonds. The van der Waals surface area contributed by atoms with E-state index in [4.69, 9.17) is 5.26 Å². The molecule has 0 aliphatic rings. The molecule has 1 N–H and O–H groups in total. The zero-order chi connectivity index (χ0) is 8.43. The number of hydrogen-bond acceptors (Lipinski definition) is 2. The normalized spacial score (nSPS) is 9.18. The molecule has 0 heterocycles. The van der Waals surface area contributed by atoms with Crippen LogP contribution in [0.3, 0.4) is 0 Å². The molecule has 0 radical (unpaired) electrons. The molecule has 0 fully saturated rings. The molecule has 0 aromatic heterocycles. The number of hydrogen-bond donors (Lipinski definition) is 1. The topological polar surface area (TPSA) is 44.0 Å². The van der Waals surface area contributed by atoms with Gasteiger partial charge < -0.3 is 5.11 Å². The van der Waals surface area contributed by atoms with Crippen molar-refractivity contribution in [3.63, 3.8) is 0 Å². The number of aromatic hydroxyl groups is 1. The molecule has 0 aliphatic carbocycles. The summed E-state index contributed by atoms with van der Waals surface area (Å²) in [5.74, 6) is 0.0654. The Hall–Kier alpha value is -1.49. The second-order valence-electron chi connectivity index (χ2n) is 2.51. The van der Waals surface area contributed by atoms with Gasteiger partial charge in [-0.2, -0.15) is 5.26 Å². The lowest BCUT2D eigenvalue weighted by Crippen LogP contribution is -1.86. The molecule has 0 atom stereocenters. The van der Waals surface area contributed by atoms with Crippen molar-refractivity contribution in [3.05, 3.63) is 28.8 Å². The van der Waals surface area contributed by atoms with E-state index < -0.39 is 0 Å². The molecule has 56 valence electrons. The smallest absolute Gasteiger partial charge is 0.133 e. The average Bonchev–Trinajstić information content (AvgIpc) is 1.99. The predicted molar refractivity (Wildman–Crippen MR) is 42.3 cm³/mol. The van der Waals surface area contributed by atoms with Gasteiger partial charge in [0.2, 0.25) is 0 Å². The average molecular weight is 147 g/mol. The van der Waals surface area contributed by atoms with Crippen LogP contribution in [-0.4, -0.2) is 5.11 Å². The lowest BCUT2D eigenvalue weighted by molar-refractivity contribution is 0.473. The Morgan fingerprint density at radius 2 is 2.00 bits per heavy atom. The summed E-state index contributed by atoms with van der Waals surface area (Å²) in [6.45, 7) is 3.74. The van der Waals surface area contributed by atoms with E-state index in [1.807, 2.05) is 19.9 Å². The van der Waals surface area contributed by atoms with Crippen molar-refractivity contribution in [2.75, 3.05) is 0 Å². The van der Waals surface area contributed by atoms with Crippen molar-refractivity contribution in [2.45, 2.75) is 13.8 Å². The third kappa shape index (κ3) is 1.18. The summed E-state index contributed by atoms with van der Waals surface area (Å²) in [4.78, 5) is 0. The van der Waals surface area contributed by atoms with Gasteiger partial charge in [0.25, 0.3) is 0 Å². The molecule has 11 heavy (non-hydrogen) atoms. The molecule has 0 saturated carbocycles. The maximum Gasteiger partial charge on any atom is 0.133 e. The summed E-state index contributed by atoms with van der Waals surface area (Å²) in [5, 5.41) is 17.8. The van der Waals surface area contributed by atoms with Crippen molar-refractivity contribution in [2.24, 2.45) is 0 Å². The van der Waals surface area contributed by atoms with E-state index in [1.165, 1.54) is 0 Å². The first-order valence-electron chi connectivity index (χ1n) is 3.36. The molecule has 0 aliphatic heterocycles. The van der Waals surface area contributed by atoms with E-state index in [0.29, 0.717) is 5.56 Å². The van der Waals surface area contributed by atoms with Crippen LogP contribution in [0.25, 0.3) is 0 Å². The summed E-state index contributed by atoms with van der Waals surface area (Å²) in [6, 6.07) is 5.29. The van der Waals surface area contributed by atoms with Gasteiger partial charge in [0.05, 0.1) is 5.56 Å². The van der Waals surface area contributed by atoms with E-state index in [0.717, 1.165) is 11.1 Å². The lowest BCUT2D eigenvalue weighted by Gasteiger charge is -2.02. The van der Waals surface area contributed by atoms with Crippen LogP contribution in [0.5, 0.6) is 5.75 Å². The molecule has 2 heteroatoms. The van der Waals surface area contributed by atoms with Crippen LogP contribution in [0.15, 0.2) is 12.1 Å². The Kier molecular flexibility index (Phi) is 1.82. The number of rotatable bonds is 0. The Bertz CT molecular complexity index is 323. The highest BCUT2D eigenvalue weighted by Crippen LogP contribution is 2.21. The zero-order valence-electron chi connectivity index (χ0n) is 6.55. The van der Waals surface area contributed by atoms with Crippen LogP contribution in [-0.2, 0) is 0 Å². The highest BCUT2D eigenvalue weighted by atomic mass is 16.3. The minimum Gasteiger partial charge on any atom is -0.507 e. The van der Waals surface area contributed by atoms with Crippen LogP contribution in [0.2, 0.25) is 0 Å². The highest BCUT2D eigenvalue weighted by molar-refractivity contribution is 5.50. The third-order valence-electron chi connectivity index (χ3n) is 1.83. The van der Waals surface area contributed by atoms with E-state index in [1.54, 1.807) is 12.1 Å². The van der Waals surface area contributed by atoms with Gasteiger partial charge >= 0.3 is 0 Å². The summed E-state index contributed by atoms with van der Waals surface area (Å²) < 4.78 is 0. The Morgan fingerprint density at radius 1 is 1.36 bits per heavy atom. The summed E-state index contributed by atoms with van der Waals surface area (Å²) >= 11 is 0. The van der Waals surface area contributed by atoms with Crippen LogP contribution in [0.1, 0.15) is 16.7 Å². The quantitative estimate of drug-likeness (QED) is 0.608. The molecule has 1 rings (SSSR count). The van der Waals surface area contributed by atoms with E-state index in [2.05, 4.69) is 0 Å². The summed E-state index contributed by atoms with van der Waals surface area (Å²) in [6.07, 6.45) is 0. The van der Waals surface area contributed by atoms with Crippen molar-refractivity contribution in [1.29, 1.82) is 5.26 Å². The first-order valence-corrected chi connectivity index (χ1v) is 3.36. The minimum atomic E-state index is 0.0654. The van der Waals surface area contributed by atoms with Gasteiger partial charge in [-0.3, -0.25) is 0 Å². The monoisotopic (exact) mass is 147 g/mol. The number of nitrogens with zero attached hydrogens (tertiary/aromatic N) is 1. The van der Waals surface area contributed by atoms with Gasteiger partial charge in [-0.15, -0.1) is 0 Å². The molecule has 0 spiro atoms. The fourth-order valence-electron chi connectivity index (χ4n) is 0.943. The molecule has 1 aromatic rings. The number of phenolic OH excluding ortho intramolecular Hbond substituents is 1. The van der Waals surface area contributed by atoms with Crippen LogP contribution < -0.4 is 0 Å². The Morgan fingerprint density at radius 3 is 2.45 bits per heavy atom. The van der Waals surface area contributed by atoms with E-state index >= 15 is 0 Å². The predicted octanol–water partition coefficient (Wildman–Crippen LogP) is 1.88. The Balaban J connectivity index is 3.44. The van der Waals surface area contributed by atoms with Crippen molar-refractivity contribution in [3.8, 4) is 11.8 Å². The van der Waals surface area contributed by atoms with E-state index in [9.17, 15) is 5.11 Å². The van der Waals surface area contributed by atoms with Gasteiger partial charge in [-0.1, -0.05) is 6.07 Å². The van der Waals surface area contributed by atoms with Gasteiger partial charge in [0, 0.05) is 0 Å². The molecule has 1 aromatic carbocycles. The second-order valence-corrected chi connectivity index (χ2v) is 2.51. The molecular weight excluding hydrogens is 138 g/mol. The largest absolute Gasteiger partial charge is 0.507 e. The molecule has 0 saturated heterocycles. The second kappa shape index (κ2) is 2.63. The van der Waals surface area contributed by atoms with Gasteiger partial charge in [-0.25, -0.2) is 0 Å². The maximum absolute atomic E-state index is 9.19. The fourth-order valence-corrected chi connectivity index (χ4v) is 0.943. The van der Waals surface area contributed by atoms with Crippen LogP contribution in [0, 0.1) is 25.2 Å². The number of nitriles is 1. The highest BCUT2D eigenvalue weighted by Gasteiger charge is 2.04. The minimum absolute atomic E-state index is 0.0654. The maximum atomic E-state index is 9.19. The van der Waals surface area contributed by atoms with Crippen molar-refractivity contribution < 1.29 is 5.11 Å². The number of aryl methyl sites for hydroxylation is 1. The number of benzene rings is 1. The van der Waals surface area contributed by atoms with Gasteiger partial charge in [0.1, 0.15) is 11.8 Å². The SMILES string of the molecule is Cc1ccc(O)c(C#N)c1C. The molecule has 0 unspecified atom stereocenters. The lowest BCUT2D eigenvalue weighted by atomic mass is 10.0. The zero-order valence-corrected chi connectivity index (χ0v) is 6.55. The Labute approximate surface area is 65.7 Å². The summed E-state index contributed by atoms with van der Waals surface area (Å²) in [7, 11) is 0.